The Labute approximate surface area is 241 Å². The summed E-state index contributed by atoms with van der Waals surface area (Å²) < 4.78 is 48.8. The largest absolute Gasteiger partial charge is 0.495 e. The molecule has 0 atom stereocenters. The second-order valence-electron chi connectivity index (χ2n) is 10.0. The van der Waals surface area contributed by atoms with Gasteiger partial charge in [0.15, 0.2) is 0 Å². The fraction of sp³-hybridized carbons (Fsp3) is 0.345. The highest BCUT2D eigenvalue weighted by Gasteiger charge is 2.35. The van der Waals surface area contributed by atoms with Gasteiger partial charge in [-0.15, -0.1) is 5.10 Å². The Morgan fingerprint density at radius 1 is 1.02 bits per heavy atom. The molecule has 0 saturated carbocycles. The third-order valence-electron chi connectivity index (χ3n) is 7.41. The number of hydrogen-bond acceptors (Lipinski definition) is 8. The number of halogens is 3. The van der Waals surface area contributed by atoms with E-state index < -0.39 is 17.6 Å². The smallest absolute Gasteiger partial charge is 0.416 e. The lowest BCUT2D eigenvalue weighted by Gasteiger charge is -2.37. The maximum absolute atomic E-state index is 14.0. The van der Waals surface area contributed by atoms with E-state index in [4.69, 9.17) is 4.74 Å². The Balaban J connectivity index is 1.42. The molecular formula is C29H31F3N8O2. The number of anilines is 2. The van der Waals surface area contributed by atoms with Crippen LogP contribution in [0.3, 0.4) is 0 Å². The van der Waals surface area contributed by atoms with Crippen molar-refractivity contribution in [3.05, 3.63) is 71.4 Å². The summed E-state index contributed by atoms with van der Waals surface area (Å²) in [6.45, 7) is 8.88. The van der Waals surface area contributed by atoms with Crippen molar-refractivity contribution in [2.75, 3.05) is 50.1 Å². The van der Waals surface area contributed by atoms with Crippen LogP contribution in [0.5, 0.6) is 5.75 Å². The third kappa shape index (κ3) is 6.05. The standard InChI is InChI=1S/C29H31F3N8O2/c1-5-38-6-8-39(9-7-38)26-13-22(12-24(18(26)2)29(30,31)32)35-28(41)21-11-27(19(3)34-15-21)40-17-25(36-37-40)20-10-23(42-4)16-33-14-20/h10-17H,5-9H2,1-4H3,(H,35,41). The first-order chi connectivity index (χ1) is 20.1. The summed E-state index contributed by atoms with van der Waals surface area (Å²) in [5.41, 5.74) is 2.32. The van der Waals surface area contributed by atoms with Gasteiger partial charge in [0.2, 0.25) is 0 Å². The molecule has 5 rings (SSSR count). The normalized spacial score (nSPS) is 14.2. The lowest BCUT2D eigenvalue weighted by atomic mass is 10.0. The Hall–Kier alpha value is -4.52. The highest BCUT2D eigenvalue weighted by molar-refractivity contribution is 6.04. The van der Waals surface area contributed by atoms with Gasteiger partial charge in [-0.1, -0.05) is 12.1 Å². The summed E-state index contributed by atoms with van der Waals surface area (Å²) >= 11 is 0. The number of carbonyl (C=O) groups excluding carboxylic acids is 1. The molecular weight excluding hydrogens is 549 g/mol. The van der Waals surface area contributed by atoms with Crippen LogP contribution in [0.4, 0.5) is 24.5 Å². The zero-order chi connectivity index (χ0) is 30.0. The summed E-state index contributed by atoms with van der Waals surface area (Å²) in [7, 11) is 1.54. The number of pyridine rings is 2. The number of benzene rings is 1. The molecule has 1 fully saturated rings. The highest BCUT2D eigenvalue weighted by Crippen LogP contribution is 2.39. The van der Waals surface area contributed by atoms with Crippen LogP contribution >= 0.6 is 0 Å². The third-order valence-corrected chi connectivity index (χ3v) is 7.41. The maximum atomic E-state index is 14.0. The zero-order valence-electron chi connectivity index (χ0n) is 23.7. The molecule has 1 aliphatic rings. The number of ether oxygens (including phenoxy) is 1. The van der Waals surface area contributed by atoms with Crippen LogP contribution in [0.2, 0.25) is 0 Å². The molecule has 1 N–H and O–H groups in total. The number of alkyl halides is 3. The Kier molecular flexibility index (Phi) is 8.12. The van der Waals surface area contributed by atoms with E-state index in [0.717, 1.165) is 25.7 Å². The number of nitrogens with zero attached hydrogens (tertiary/aromatic N) is 7. The number of nitrogens with one attached hydrogen (secondary N) is 1. The second-order valence-corrected chi connectivity index (χ2v) is 10.0. The van der Waals surface area contributed by atoms with Gasteiger partial charge in [-0.05, 0) is 50.2 Å². The molecule has 1 saturated heterocycles. The van der Waals surface area contributed by atoms with Gasteiger partial charge in [0, 0.05) is 55.5 Å². The van der Waals surface area contributed by atoms with E-state index in [1.54, 1.807) is 43.7 Å². The van der Waals surface area contributed by atoms with Gasteiger partial charge < -0.3 is 19.9 Å². The molecule has 1 aromatic carbocycles. The van der Waals surface area contributed by atoms with Crippen LogP contribution in [-0.2, 0) is 6.18 Å². The molecule has 1 amide bonds. The van der Waals surface area contributed by atoms with Gasteiger partial charge in [-0.3, -0.25) is 14.8 Å². The van der Waals surface area contributed by atoms with E-state index in [-0.39, 0.29) is 16.8 Å². The number of likely N-dealkylation sites (N-methyl/N-ethyl adjacent to an activating group) is 1. The number of hydrogen-bond donors (Lipinski definition) is 1. The van der Waals surface area contributed by atoms with Gasteiger partial charge >= 0.3 is 6.18 Å². The number of carbonyl (C=O) groups is 1. The van der Waals surface area contributed by atoms with E-state index in [0.29, 0.717) is 47.2 Å². The molecule has 4 heterocycles. The van der Waals surface area contributed by atoms with Crippen molar-refractivity contribution in [2.45, 2.75) is 26.9 Å². The molecule has 10 nitrogen and oxygen atoms in total. The number of aromatic nitrogens is 5. The fourth-order valence-corrected chi connectivity index (χ4v) is 4.96. The van der Waals surface area contributed by atoms with E-state index in [2.05, 4.69) is 37.4 Å². The molecule has 0 radical (unpaired) electrons. The lowest BCUT2D eigenvalue weighted by Crippen LogP contribution is -2.46. The van der Waals surface area contributed by atoms with Crippen LogP contribution in [0.1, 0.15) is 34.1 Å². The Morgan fingerprint density at radius 2 is 1.79 bits per heavy atom. The minimum absolute atomic E-state index is 0.0570. The van der Waals surface area contributed by atoms with Gasteiger partial charge in [0.05, 0.1) is 42.0 Å². The van der Waals surface area contributed by atoms with Gasteiger partial charge in [0.1, 0.15) is 11.4 Å². The van der Waals surface area contributed by atoms with Gasteiger partial charge in [0.25, 0.3) is 5.91 Å². The number of piperazine rings is 1. The Morgan fingerprint density at radius 3 is 2.48 bits per heavy atom. The number of aryl methyl sites for hydroxylation is 1. The second kappa shape index (κ2) is 11.8. The number of rotatable bonds is 7. The van der Waals surface area contributed by atoms with Crippen LogP contribution in [0.25, 0.3) is 16.9 Å². The summed E-state index contributed by atoms with van der Waals surface area (Å²) in [6.07, 6.45) is 1.67. The first-order valence-corrected chi connectivity index (χ1v) is 13.5. The molecule has 42 heavy (non-hydrogen) atoms. The number of amides is 1. The van der Waals surface area contributed by atoms with E-state index in [9.17, 15) is 18.0 Å². The van der Waals surface area contributed by atoms with Crippen molar-refractivity contribution in [3.8, 4) is 22.7 Å². The quantitative estimate of drug-likeness (QED) is 0.334. The van der Waals surface area contributed by atoms with Crippen molar-refractivity contribution < 1.29 is 22.7 Å². The topological polar surface area (TPSA) is 101 Å². The van der Waals surface area contributed by atoms with Crippen LogP contribution in [-0.4, -0.2) is 75.6 Å². The van der Waals surface area contributed by atoms with Crippen molar-refractivity contribution in [3.63, 3.8) is 0 Å². The fourth-order valence-electron chi connectivity index (χ4n) is 4.96. The molecule has 0 aliphatic carbocycles. The molecule has 0 spiro atoms. The maximum Gasteiger partial charge on any atom is 0.416 e. The monoisotopic (exact) mass is 580 g/mol. The summed E-state index contributed by atoms with van der Waals surface area (Å²) in [6, 6.07) is 5.93. The summed E-state index contributed by atoms with van der Waals surface area (Å²) in [5, 5.41) is 11.0. The predicted molar refractivity (Wildman–Crippen MR) is 152 cm³/mol. The van der Waals surface area contributed by atoms with E-state index in [1.807, 2.05) is 4.90 Å². The minimum Gasteiger partial charge on any atom is -0.495 e. The predicted octanol–water partition coefficient (Wildman–Crippen LogP) is 4.76. The first-order valence-electron chi connectivity index (χ1n) is 13.5. The van der Waals surface area contributed by atoms with Crippen LogP contribution in [0, 0.1) is 13.8 Å². The molecule has 0 bridgehead atoms. The summed E-state index contributed by atoms with van der Waals surface area (Å²) in [5.74, 6) is -0.0328. The van der Waals surface area contributed by atoms with Crippen molar-refractivity contribution >= 4 is 17.3 Å². The van der Waals surface area contributed by atoms with Crippen LogP contribution in [0.15, 0.2) is 49.1 Å². The number of methoxy groups -OCH3 is 1. The van der Waals surface area contributed by atoms with Crippen molar-refractivity contribution in [1.82, 2.24) is 29.9 Å². The van der Waals surface area contributed by atoms with Gasteiger partial charge in [-0.25, -0.2) is 4.68 Å². The van der Waals surface area contributed by atoms with Crippen molar-refractivity contribution in [2.24, 2.45) is 0 Å². The van der Waals surface area contributed by atoms with Crippen LogP contribution < -0.4 is 15.0 Å². The minimum atomic E-state index is -4.58. The lowest BCUT2D eigenvalue weighted by molar-refractivity contribution is -0.138. The van der Waals surface area contributed by atoms with E-state index in [1.165, 1.54) is 24.9 Å². The molecule has 0 unspecified atom stereocenters. The molecule has 13 heteroatoms. The average molecular weight is 581 g/mol. The highest BCUT2D eigenvalue weighted by atomic mass is 19.4. The molecule has 3 aromatic heterocycles. The average Bonchev–Trinajstić information content (AvgIpc) is 3.48. The Bertz CT molecular complexity index is 1600. The van der Waals surface area contributed by atoms with Crippen molar-refractivity contribution in [1.29, 1.82) is 0 Å². The SMILES string of the molecule is CCN1CCN(c2cc(NC(=O)c3cnc(C)c(-n4cc(-c5cncc(OC)c5)nn4)c3)cc(C(F)(F)F)c2C)CC1. The van der Waals surface area contributed by atoms with Gasteiger partial charge in [-0.2, -0.15) is 13.2 Å². The molecule has 4 aromatic rings. The zero-order valence-corrected chi connectivity index (χ0v) is 23.7. The molecule has 1 aliphatic heterocycles. The molecule has 220 valence electrons. The van der Waals surface area contributed by atoms with E-state index >= 15 is 0 Å². The first kappa shape index (κ1) is 29.0. The summed E-state index contributed by atoms with van der Waals surface area (Å²) in [4.78, 5) is 26.0.